The smallest absolute Gasteiger partial charge is 0.340 e. The number of rotatable bonds is 5. The second-order valence-electron chi connectivity index (χ2n) is 5.33. The third kappa shape index (κ3) is 3.88. The molecule has 0 aromatic heterocycles. The van der Waals surface area contributed by atoms with E-state index in [9.17, 15) is 4.79 Å². The lowest BCUT2D eigenvalue weighted by Crippen LogP contribution is -2.46. The number of nitrogens with zero attached hydrogens (tertiary/aromatic N) is 2. The Hall–Kier alpha value is -1.75. The summed E-state index contributed by atoms with van der Waals surface area (Å²) in [5.74, 6) is -0.280. The highest BCUT2D eigenvalue weighted by atomic mass is 16.5. The van der Waals surface area contributed by atoms with E-state index in [4.69, 9.17) is 10.5 Å². The minimum absolute atomic E-state index is 0.280. The van der Waals surface area contributed by atoms with Gasteiger partial charge in [-0.25, -0.2) is 4.79 Å². The van der Waals surface area contributed by atoms with Gasteiger partial charge in [-0.2, -0.15) is 0 Å². The number of benzene rings is 1. The van der Waals surface area contributed by atoms with Crippen LogP contribution in [0.25, 0.3) is 0 Å². The highest BCUT2D eigenvalue weighted by molar-refractivity contribution is 5.97. The fourth-order valence-electron chi connectivity index (χ4n) is 2.57. The number of nitrogens with two attached hydrogens (primary N) is 1. The summed E-state index contributed by atoms with van der Waals surface area (Å²) in [6.45, 7) is 9.55. The predicted octanol–water partition coefficient (Wildman–Crippen LogP) is 1.98. The fraction of sp³-hybridized carbons (Fsp3) is 0.562. The van der Waals surface area contributed by atoms with Gasteiger partial charge in [-0.05, 0) is 31.2 Å². The molecule has 1 aromatic rings. The third-order valence-electron chi connectivity index (χ3n) is 3.84. The van der Waals surface area contributed by atoms with Gasteiger partial charge in [-0.1, -0.05) is 13.8 Å². The number of likely N-dealkylation sites (N-methyl/N-ethyl adjacent to an activating group) is 1. The second kappa shape index (κ2) is 7.31. The van der Waals surface area contributed by atoms with Crippen LogP contribution < -0.4 is 10.6 Å². The average Bonchev–Trinajstić information content (AvgIpc) is 2.52. The Bertz CT molecular complexity index is 482. The molecule has 116 valence electrons. The molecule has 5 heteroatoms. The van der Waals surface area contributed by atoms with Crippen molar-refractivity contribution < 1.29 is 9.53 Å². The maximum absolute atomic E-state index is 12.2. The highest BCUT2D eigenvalue weighted by Gasteiger charge is 2.21. The van der Waals surface area contributed by atoms with Crippen molar-refractivity contribution in [1.82, 2.24) is 4.90 Å². The first-order chi connectivity index (χ1) is 10.2. The molecule has 0 atom stereocenters. The molecule has 2 N–H and O–H groups in total. The van der Waals surface area contributed by atoms with Crippen LogP contribution in [-0.4, -0.2) is 50.2 Å². The maximum atomic E-state index is 12.2. The van der Waals surface area contributed by atoms with Crippen LogP contribution in [0.5, 0.6) is 0 Å². The molecular weight excluding hydrogens is 266 g/mol. The molecule has 1 aliphatic rings. The van der Waals surface area contributed by atoms with Crippen LogP contribution >= 0.6 is 0 Å². The van der Waals surface area contributed by atoms with Crippen molar-refractivity contribution >= 4 is 17.3 Å². The molecular formula is C16H25N3O2. The number of hydrogen-bond acceptors (Lipinski definition) is 5. The second-order valence-corrected chi connectivity index (χ2v) is 5.33. The lowest BCUT2D eigenvalue weighted by Gasteiger charge is -2.36. The van der Waals surface area contributed by atoms with E-state index < -0.39 is 0 Å². The van der Waals surface area contributed by atoms with E-state index in [2.05, 4.69) is 16.7 Å². The number of carbonyl (C=O) groups is 1. The molecule has 0 spiro atoms. The van der Waals surface area contributed by atoms with E-state index in [1.807, 2.05) is 19.1 Å². The molecule has 0 amide bonds. The summed E-state index contributed by atoms with van der Waals surface area (Å²) in [5.41, 5.74) is 7.93. The largest absolute Gasteiger partial charge is 0.462 e. The Balaban J connectivity index is 2.17. The molecule has 1 fully saturated rings. The Morgan fingerprint density at radius 1 is 1.24 bits per heavy atom. The minimum atomic E-state index is -0.280. The Morgan fingerprint density at radius 2 is 1.95 bits per heavy atom. The first-order valence-electron chi connectivity index (χ1n) is 7.69. The summed E-state index contributed by atoms with van der Waals surface area (Å²) < 4.78 is 5.27. The zero-order valence-electron chi connectivity index (χ0n) is 13.0. The highest BCUT2D eigenvalue weighted by Crippen LogP contribution is 2.25. The van der Waals surface area contributed by atoms with E-state index in [0.29, 0.717) is 17.9 Å². The normalized spacial score (nSPS) is 16.0. The Morgan fingerprint density at radius 3 is 2.57 bits per heavy atom. The molecule has 0 radical (unpaired) electrons. The molecule has 0 bridgehead atoms. The van der Waals surface area contributed by atoms with Crippen LogP contribution in [0.4, 0.5) is 11.4 Å². The molecule has 2 rings (SSSR count). The van der Waals surface area contributed by atoms with Crippen molar-refractivity contribution in [1.29, 1.82) is 0 Å². The van der Waals surface area contributed by atoms with Crippen LogP contribution in [0, 0.1) is 0 Å². The van der Waals surface area contributed by atoms with Gasteiger partial charge < -0.3 is 20.3 Å². The van der Waals surface area contributed by atoms with Crippen molar-refractivity contribution in [2.45, 2.75) is 20.3 Å². The Kier molecular flexibility index (Phi) is 5.44. The van der Waals surface area contributed by atoms with Crippen molar-refractivity contribution in [2.75, 3.05) is 50.0 Å². The van der Waals surface area contributed by atoms with E-state index in [1.165, 1.54) is 0 Å². The number of anilines is 2. The number of hydrogen-bond donors (Lipinski definition) is 1. The quantitative estimate of drug-likeness (QED) is 0.664. The van der Waals surface area contributed by atoms with Gasteiger partial charge in [0.2, 0.25) is 0 Å². The maximum Gasteiger partial charge on any atom is 0.340 e. The molecule has 0 saturated carbocycles. The van der Waals surface area contributed by atoms with Gasteiger partial charge in [0, 0.05) is 31.9 Å². The Labute approximate surface area is 126 Å². The summed E-state index contributed by atoms with van der Waals surface area (Å²) in [7, 11) is 0. The average molecular weight is 291 g/mol. The number of nitrogen functional groups attached to an aromatic ring is 1. The van der Waals surface area contributed by atoms with Crippen LogP contribution in [-0.2, 0) is 4.74 Å². The van der Waals surface area contributed by atoms with Gasteiger partial charge in [0.25, 0.3) is 0 Å². The van der Waals surface area contributed by atoms with Crippen molar-refractivity contribution in [2.24, 2.45) is 0 Å². The van der Waals surface area contributed by atoms with E-state index in [0.717, 1.165) is 44.8 Å². The first-order valence-corrected chi connectivity index (χ1v) is 7.69. The van der Waals surface area contributed by atoms with Gasteiger partial charge in [0.1, 0.15) is 0 Å². The van der Waals surface area contributed by atoms with Gasteiger partial charge >= 0.3 is 5.97 Å². The number of esters is 1. The lowest BCUT2D eigenvalue weighted by atomic mass is 10.1. The minimum Gasteiger partial charge on any atom is -0.462 e. The van der Waals surface area contributed by atoms with E-state index in [-0.39, 0.29) is 5.97 Å². The summed E-state index contributed by atoms with van der Waals surface area (Å²) in [4.78, 5) is 16.9. The number of ether oxygens (including phenoxy) is 1. The molecule has 21 heavy (non-hydrogen) atoms. The summed E-state index contributed by atoms with van der Waals surface area (Å²) >= 11 is 0. The standard InChI is InChI=1S/C16H25N3O2/c1-3-11-21-16(20)14-12-13(17)5-6-15(14)19-9-7-18(4-2)8-10-19/h5-6,12H,3-4,7-11,17H2,1-2H3. The molecule has 1 aliphatic heterocycles. The van der Waals surface area contributed by atoms with Crippen LogP contribution in [0.1, 0.15) is 30.6 Å². The van der Waals surface area contributed by atoms with Gasteiger partial charge in [0.15, 0.2) is 0 Å². The topological polar surface area (TPSA) is 58.8 Å². The summed E-state index contributed by atoms with van der Waals surface area (Å²) in [5, 5.41) is 0. The molecule has 1 saturated heterocycles. The first kappa shape index (κ1) is 15.6. The van der Waals surface area contributed by atoms with Gasteiger partial charge in [-0.15, -0.1) is 0 Å². The summed E-state index contributed by atoms with van der Waals surface area (Å²) in [6, 6.07) is 5.50. The predicted molar refractivity (Wildman–Crippen MR) is 85.8 cm³/mol. The molecule has 1 aromatic carbocycles. The molecule has 1 heterocycles. The third-order valence-corrected chi connectivity index (χ3v) is 3.84. The van der Waals surface area contributed by atoms with Gasteiger partial charge in [0.05, 0.1) is 17.9 Å². The van der Waals surface area contributed by atoms with E-state index in [1.54, 1.807) is 6.07 Å². The fourth-order valence-corrected chi connectivity index (χ4v) is 2.57. The van der Waals surface area contributed by atoms with Crippen LogP contribution in [0.3, 0.4) is 0 Å². The van der Waals surface area contributed by atoms with Crippen molar-refractivity contribution in [3.05, 3.63) is 23.8 Å². The van der Waals surface area contributed by atoms with E-state index >= 15 is 0 Å². The van der Waals surface area contributed by atoms with Crippen molar-refractivity contribution in [3.8, 4) is 0 Å². The lowest BCUT2D eigenvalue weighted by molar-refractivity contribution is 0.0505. The molecule has 0 unspecified atom stereocenters. The zero-order valence-corrected chi connectivity index (χ0v) is 13.0. The summed E-state index contributed by atoms with van der Waals surface area (Å²) in [6.07, 6.45) is 0.818. The molecule has 0 aliphatic carbocycles. The van der Waals surface area contributed by atoms with Crippen LogP contribution in [0.2, 0.25) is 0 Å². The zero-order chi connectivity index (χ0) is 15.2. The SMILES string of the molecule is CCCOC(=O)c1cc(N)ccc1N1CCN(CC)CC1. The monoisotopic (exact) mass is 291 g/mol. The van der Waals surface area contributed by atoms with Crippen molar-refractivity contribution in [3.63, 3.8) is 0 Å². The number of carbonyl (C=O) groups excluding carboxylic acids is 1. The molecule has 5 nitrogen and oxygen atoms in total. The number of piperazine rings is 1. The van der Waals surface area contributed by atoms with Gasteiger partial charge in [-0.3, -0.25) is 0 Å². The van der Waals surface area contributed by atoms with Crippen LogP contribution in [0.15, 0.2) is 18.2 Å².